The Morgan fingerprint density at radius 1 is 1.15 bits per heavy atom. The summed E-state index contributed by atoms with van der Waals surface area (Å²) < 4.78 is 6.77. The van der Waals surface area contributed by atoms with Crippen LogP contribution in [0.25, 0.3) is 32.4 Å². The fourth-order valence-electron chi connectivity index (χ4n) is 3.57. The van der Waals surface area contributed by atoms with Crippen LogP contribution in [0.2, 0.25) is 5.02 Å². The Balaban J connectivity index is 1.44. The molecule has 5 rings (SSSR count). The highest BCUT2D eigenvalue weighted by molar-refractivity contribution is 7.22. The molecule has 1 amide bonds. The van der Waals surface area contributed by atoms with Crippen LogP contribution >= 0.6 is 22.9 Å². The molecule has 8 nitrogen and oxygen atoms in total. The van der Waals surface area contributed by atoms with Crippen molar-refractivity contribution in [2.45, 2.75) is 20.4 Å². The van der Waals surface area contributed by atoms with Crippen molar-refractivity contribution in [1.29, 1.82) is 0 Å². The summed E-state index contributed by atoms with van der Waals surface area (Å²) in [5, 5.41) is 7.93. The minimum absolute atomic E-state index is 0.151. The van der Waals surface area contributed by atoms with Gasteiger partial charge < -0.3 is 9.84 Å². The summed E-state index contributed by atoms with van der Waals surface area (Å²) >= 11 is 7.24. The summed E-state index contributed by atoms with van der Waals surface area (Å²) in [6.45, 7) is 3.56. The van der Waals surface area contributed by atoms with Gasteiger partial charge in [-0.15, -0.1) is 11.3 Å². The quantitative estimate of drug-likeness (QED) is 0.367. The van der Waals surface area contributed by atoms with Gasteiger partial charge in [-0.2, -0.15) is 4.98 Å². The van der Waals surface area contributed by atoms with Gasteiger partial charge >= 0.3 is 0 Å². The van der Waals surface area contributed by atoms with Crippen LogP contribution < -0.4 is 10.9 Å². The van der Waals surface area contributed by atoms with Crippen LogP contribution in [0.5, 0.6) is 0 Å². The predicted molar refractivity (Wildman–Crippen MR) is 132 cm³/mol. The summed E-state index contributed by atoms with van der Waals surface area (Å²) in [5.74, 6) is 0.408. The number of nitrogens with one attached hydrogen (secondary N) is 1. The molecule has 0 aliphatic heterocycles. The first-order valence-corrected chi connectivity index (χ1v) is 11.5. The van der Waals surface area contributed by atoms with E-state index >= 15 is 0 Å². The molecule has 0 aliphatic carbocycles. The predicted octanol–water partition coefficient (Wildman–Crippen LogP) is 5.08. The summed E-state index contributed by atoms with van der Waals surface area (Å²) in [6, 6.07) is 14.6. The van der Waals surface area contributed by atoms with Gasteiger partial charge in [0.15, 0.2) is 0 Å². The van der Waals surface area contributed by atoms with Gasteiger partial charge in [-0.3, -0.25) is 14.2 Å². The zero-order valence-corrected chi connectivity index (χ0v) is 19.8. The van der Waals surface area contributed by atoms with E-state index in [2.05, 4.69) is 20.4 Å². The molecule has 1 N–H and O–H groups in total. The first-order valence-electron chi connectivity index (χ1n) is 10.3. The Bertz CT molecular complexity index is 1590. The first kappa shape index (κ1) is 22.0. The number of aromatic nitrogens is 4. The van der Waals surface area contributed by atoms with E-state index in [9.17, 15) is 9.59 Å². The van der Waals surface area contributed by atoms with Gasteiger partial charge in [0.2, 0.25) is 11.7 Å². The second-order valence-electron chi connectivity index (χ2n) is 7.71. The Labute approximate surface area is 202 Å². The fraction of sp³-hybridized carbons (Fsp3) is 0.125. The molecule has 10 heteroatoms. The largest absolute Gasteiger partial charge is 0.333 e. The molecule has 3 aromatic heterocycles. The standard InChI is InChI=1S/C24H18ClN5O3S/c1-13-5-3-4-6-17(13)27-18(31)11-30-12-26-23-19(24(30)32)14(2)20(34-23)22-28-21(29-33-22)15-7-9-16(25)10-8-15/h3-10,12H,11H2,1-2H3,(H,27,31). The van der Waals surface area contributed by atoms with Gasteiger partial charge in [-0.25, -0.2) is 4.98 Å². The van der Waals surface area contributed by atoms with E-state index in [1.165, 1.54) is 22.2 Å². The number of carbonyl (C=O) groups is 1. The third-order valence-electron chi connectivity index (χ3n) is 5.37. The molecular weight excluding hydrogens is 474 g/mol. The lowest BCUT2D eigenvalue weighted by molar-refractivity contribution is -0.116. The summed E-state index contributed by atoms with van der Waals surface area (Å²) in [7, 11) is 0. The molecule has 0 radical (unpaired) electrons. The lowest BCUT2D eigenvalue weighted by Crippen LogP contribution is -2.28. The van der Waals surface area contributed by atoms with Crippen molar-refractivity contribution >= 4 is 44.7 Å². The number of aryl methyl sites for hydroxylation is 2. The summed E-state index contributed by atoms with van der Waals surface area (Å²) in [6.07, 6.45) is 1.38. The minimum Gasteiger partial charge on any atom is -0.333 e. The van der Waals surface area contributed by atoms with E-state index in [1.54, 1.807) is 31.2 Å². The van der Waals surface area contributed by atoms with Crippen LogP contribution in [0.3, 0.4) is 0 Å². The van der Waals surface area contributed by atoms with Gasteiger partial charge in [-0.05, 0) is 55.3 Å². The SMILES string of the molecule is Cc1ccccc1NC(=O)Cn1cnc2sc(-c3nc(-c4ccc(Cl)cc4)no3)c(C)c2c1=O. The van der Waals surface area contributed by atoms with Crippen LogP contribution in [0.1, 0.15) is 11.1 Å². The van der Waals surface area contributed by atoms with E-state index in [0.717, 1.165) is 11.1 Å². The lowest BCUT2D eigenvalue weighted by atomic mass is 10.2. The second-order valence-corrected chi connectivity index (χ2v) is 9.14. The van der Waals surface area contributed by atoms with E-state index in [-0.39, 0.29) is 18.0 Å². The normalized spacial score (nSPS) is 11.1. The maximum atomic E-state index is 13.2. The van der Waals surface area contributed by atoms with E-state index in [0.29, 0.717) is 43.1 Å². The Kier molecular flexibility index (Phi) is 5.72. The number of hydrogen-bond donors (Lipinski definition) is 1. The highest BCUT2D eigenvalue weighted by Crippen LogP contribution is 2.35. The monoisotopic (exact) mass is 491 g/mol. The Morgan fingerprint density at radius 3 is 2.68 bits per heavy atom. The topological polar surface area (TPSA) is 103 Å². The van der Waals surface area contributed by atoms with Crippen LogP contribution in [-0.2, 0) is 11.3 Å². The Hall–Kier alpha value is -3.82. The summed E-state index contributed by atoms with van der Waals surface area (Å²) in [4.78, 5) is 35.8. The number of fused-ring (bicyclic) bond motifs is 1. The molecule has 3 heterocycles. The number of anilines is 1. The van der Waals surface area contributed by atoms with Crippen molar-refractivity contribution in [2.75, 3.05) is 5.32 Å². The van der Waals surface area contributed by atoms with Crippen molar-refractivity contribution in [3.05, 3.63) is 81.4 Å². The van der Waals surface area contributed by atoms with E-state index in [1.807, 2.05) is 31.2 Å². The molecule has 170 valence electrons. The van der Waals surface area contributed by atoms with Crippen molar-refractivity contribution in [2.24, 2.45) is 0 Å². The van der Waals surface area contributed by atoms with Gasteiger partial charge in [-0.1, -0.05) is 35.0 Å². The molecule has 34 heavy (non-hydrogen) atoms. The number of halogens is 1. The number of thiophene rings is 1. The number of nitrogens with zero attached hydrogens (tertiary/aromatic N) is 4. The summed E-state index contributed by atoms with van der Waals surface area (Å²) in [5.41, 5.74) is 2.78. The second kappa shape index (κ2) is 8.85. The van der Waals surface area contributed by atoms with Crippen LogP contribution in [0, 0.1) is 13.8 Å². The van der Waals surface area contributed by atoms with Crippen LogP contribution in [-0.4, -0.2) is 25.6 Å². The molecule has 0 saturated carbocycles. The van der Waals surface area contributed by atoms with E-state index in [4.69, 9.17) is 16.1 Å². The average Bonchev–Trinajstić information content (AvgIpc) is 3.43. The van der Waals surface area contributed by atoms with Gasteiger partial charge in [0.25, 0.3) is 11.4 Å². The number of rotatable bonds is 5. The molecule has 0 bridgehead atoms. The van der Waals surface area contributed by atoms with Gasteiger partial charge in [0.05, 0.1) is 16.6 Å². The van der Waals surface area contributed by atoms with Crippen molar-refractivity contribution < 1.29 is 9.32 Å². The highest BCUT2D eigenvalue weighted by Gasteiger charge is 2.21. The number of carbonyl (C=O) groups excluding carboxylic acids is 1. The number of para-hydroxylation sites is 1. The number of benzene rings is 2. The van der Waals surface area contributed by atoms with Crippen LogP contribution in [0.15, 0.2) is 64.2 Å². The highest BCUT2D eigenvalue weighted by atomic mass is 35.5. The van der Waals surface area contributed by atoms with Crippen LogP contribution in [0.4, 0.5) is 5.69 Å². The number of amides is 1. The van der Waals surface area contributed by atoms with Crippen molar-refractivity contribution in [3.8, 4) is 22.2 Å². The molecule has 0 aliphatic rings. The smallest absolute Gasteiger partial charge is 0.268 e. The third-order valence-corrected chi connectivity index (χ3v) is 6.81. The molecule has 0 unspecified atom stereocenters. The molecular formula is C24H18ClN5O3S. The third kappa shape index (κ3) is 4.11. The van der Waals surface area contributed by atoms with E-state index < -0.39 is 0 Å². The fourth-order valence-corrected chi connectivity index (χ4v) is 4.75. The molecule has 0 fully saturated rings. The number of hydrogen-bond acceptors (Lipinski definition) is 7. The van der Waals surface area contributed by atoms with Crippen molar-refractivity contribution in [3.63, 3.8) is 0 Å². The zero-order valence-electron chi connectivity index (χ0n) is 18.2. The van der Waals surface area contributed by atoms with Gasteiger partial charge in [0, 0.05) is 16.3 Å². The molecule has 2 aromatic carbocycles. The molecule has 0 spiro atoms. The minimum atomic E-state index is -0.310. The molecule has 5 aromatic rings. The molecule has 0 atom stereocenters. The zero-order chi connectivity index (χ0) is 23.8. The van der Waals surface area contributed by atoms with Crippen molar-refractivity contribution in [1.82, 2.24) is 19.7 Å². The first-order chi connectivity index (χ1) is 16.4. The maximum Gasteiger partial charge on any atom is 0.268 e. The average molecular weight is 492 g/mol. The lowest BCUT2D eigenvalue weighted by Gasteiger charge is -2.09. The van der Waals surface area contributed by atoms with Gasteiger partial charge in [0.1, 0.15) is 11.4 Å². The molecule has 0 saturated heterocycles. The Morgan fingerprint density at radius 2 is 1.91 bits per heavy atom. The maximum absolute atomic E-state index is 13.2.